The van der Waals surface area contributed by atoms with Gasteiger partial charge in [0.1, 0.15) is 6.33 Å². The standard InChI is InChI=1S/C11H11ClN4OS/c12-9-4-2-1-3-8(9)5-13-10(17)6-18-11-14-7-15-16-11/h1-4,7H,5-6H2,(H,13,17)(H,14,15,16). The first-order valence-electron chi connectivity index (χ1n) is 5.24. The summed E-state index contributed by atoms with van der Waals surface area (Å²) in [5.74, 6) is 0.218. The van der Waals surface area contributed by atoms with Gasteiger partial charge in [-0.15, -0.1) is 0 Å². The van der Waals surface area contributed by atoms with Crippen LogP contribution in [0.3, 0.4) is 0 Å². The molecule has 1 aromatic heterocycles. The van der Waals surface area contributed by atoms with Crippen LogP contribution in [0.2, 0.25) is 5.02 Å². The van der Waals surface area contributed by atoms with Gasteiger partial charge in [-0.3, -0.25) is 9.89 Å². The third-order valence-electron chi connectivity index (χ3n) is 2.17. The van der Waals surface area contributed by atoms with Crippen LogP contribution in [0.1, 0.15) is 5.56 Å². The van der Waals surface area contributed by atoms with E-state index in [1.54, 1.807) is 6.07 Å². The number of rotatable bonds is 5. The van der Waals surface area contributed by atoms with Crippen molar-refractivity contribution in [3.05, 3.63) is 41.2 Å². The summed E-state index contributed by atoms with van der Waals surface area (Å²) in [6.45, 7) is 0.426. The fourth-order valence-corrected chi connectivity index (χ4v) is 2.10. The molecule has 1 aromatic carbocycles. The summed E-state index contributed by atoms with van der Waals surface area (Å²) in [7, 11) is 0. The second kappa shape index (κ2) is 6.42. The third-order valence-corrected chi connectivity index (χ3v) is 3.41. The van der Waals surface area contributed by atoms with Crippen LogP contribution in [0, 0.1) is 0 Å². The molecule has 2 rings (SSSR count). The Labute approximate surface area is 113 Å². The molecule has 2 N–H and O–H groups in total. The lowest BCUT2D eigenvalue weighted by molar-refractivity contribution is -0.118. The molecule has 18 heavy (non-hydrogen) atoms. The maximum atomic E-state index is 11.6. The molecule has 0 aliphatic carbocycles. The molecule has 5 nitrogen and oxygen atoms in total. The molecule has 1 amide bonds. The average molecular weight is 283 g/mol. The molecule has 7 heteroatoms. The van der Waals surface area contributed by atoms with E-state index in [1.807, 2.05) is 18.2 Å². The number of carbonyl (C=O) groups excluding carboxylic acids is 1. The fraction of sp³-hybridized carbons (Fsp3) is 0.182. The Morgan fingerprint density at radius 3 is 3.00 bits per heavy atom. The Balaban J connectivity index is 1.77. The first-order valence-corrected chi connectivity index (χ1v) is 6.60. The second-order valence-electron chi connectivity index (χ2n) is 3.45. The molecule has 0 fully saturated rings. The molecular formula is C11H11ClN4OS. The summed E-state index contributed by atoms with van der Waals surface area (Å²) in [5.41, 5.74) is 0.900. The first-order chi connectivity index (χ1) is 8.75. The van der Waals surface area contributed by atoms with Crippen molar-refractivity contribution in [1.82, 2.24) is 20.5 Å². The van der Waals surface area contributed by atoms with Gasteiger partial charge in [-0.25, -0.2) is 4.98 Å². The van der Waals surface area contributed by atoms with Crippen molar-refractivity contribution < 1.29 is 4.79 Å². The summed E-state index contributed by atoms with van der Waals surface area (Å²) in [4.78, 5) is 15.5. The SMILES string of the molecule is O=C(CSc1ncn[nH]1)NCc1ccccc1Cl. The lowest BCUT2D eigenvalue weighted by Crippen LogP contribution is -2.24. The smallest absolute Gasteiger partial charge is 0.230 e. The van der Waals surface area contributed by atoms with E-state index >= 15 is 0 Å². The van der Waals surface area contributed by atoms with Gasteiger partial charge in [0.05, 0.1) is 5.75 Å². The quantitative estimate of drug-likeness (QED) is 0.821. The lowest BCUT2D eigenvalue weighted by Gasteiger charge is -2.05. The summed E-state index contributed by atoms with van der Waals surface area (Å²) in [6, 6.07) is 7.42. The normalized spacial score (nSPS) is 10.3. The van der Waals surface area contributed by atoms with Crippen molar-refractivity contribution in [2.24, 2.45) is 0 Å². The van der Waals surface area contributed by atoms with Crippen molar-refractivity contribution in [2.75, 3.05) is 5.75 Å². The van der Waals surface area contributed by atoms with Crippen LogP contribution in [0.4, 0.5) is 0 Å². The maximum Gasteiger partial charge on any atom is 0.230 e. The Morgan fingerprint density at radius 2 is 2.28 bits per heavy atom. The van der Waals surface area contributed by atoms with E-state index in [9.17, 15) is 4.79 Å². The van der Waals surface area contributed by atoms with Gasteiger partial charge < -0.3 is 5.32 Å². The number of hydrogen-bond donors (Lipinski definition) is 2. The van der Waals surface area contributed by atoms with Crippen LogP contribution in [-0.2, 0) is 11.3 Å². The molecule has 0 radical (unpaired) electrons. The van der Waals surface area contributed by atoms with Crippen molar-refractivity contribution in [1.29, 1.82) is 0 Å². The van der Waals surface area contributed by atoms with E-state index < -0.39 is 0 Å². The molecule has 0 atom stereocenters. The van der Waals surface area contributed by atoms with Gasteiger partial charge in [0, 0.05) is 11.6 Å². The Bertz CT molecular complexity index is 518. The predicted molar refractivity (Wildman–Crippen MR) is 70.4 cm³/mol. The van der Waals surface area contributed by atoms with Crippen molar-refractivity contribution in [3.8, 4) is 0 Å². The highest BCUT2D eigenvalue weighted by Gasteiger charge is 2.05. The Kier molecular flexibility index (Phi) is 4.60. The van der Waals surface area contributed by atoms with E-state index in [0.29, 0.717) is 22.5 Å². The number of hydrogen-bond acceptors (Lipinski definition) is 4. The zero-order valence-electron chi connectivity index (χ0n) is 9.39. The van der Waals surface area contributed by atoms with E-state index in [4.69, 9.17) is 11.6 Å². The molecule has 0 spiro atoms. The molecule has 0 aliphatic rings. The molecule has 0 aliphatic heterocycles. The van der Waals surface area contributed by atoms with Crippen LogP contribution >= 0.6 is 23.4 Å². The zero-order chi connectivity index (χ0) is 12.8. The molecule has 0 saturated carbocycles. The molecule has 2 aromatic rings. The minimum atomic E-state index is -0.0729. The largest absolute Gasteiger partial charge is 0.351 e. The number of thioether (sulfide) groups is 1. The van der Waals surface area contributed by atoms with Crippen molar-refractivity contribution in [2.45, 2.75) is 11.7 Å². The van der Waals surface area contributed by atoms with E-state index in [0.717, 1.165) is 5.56 Å². The Morgan fingerprint density at radius 1 is 1.44 bits per heavy atom. The number of H-pyrrole nitrogens is 1. The molecule has 0 bridgehead atoms. The number of carbonyl (C=O) groups is 1. The number of aromatic nitrogens is 3. The maximum absolute atomic E-state index is 11.6. The minimum absolute atomic E-state index is 0.0729. The van der Waals surface area contributed by atoms with Crippen molar-refractivity contribution in [3.63, 3.8) is 0 Å². The summed E-state index contributed by atoms with van der Waals surface area (Å²) in [5, 5.41) is 10.5. The molecule has 1 heterocycles. The van der Waals surface area contributed by atoms with Gasteiger partial charge in [-0.05, 0) is 11.6 Å². The van der Waals surface area contributed by atoms with Crippen LogP contribution < -0.4 is 5.32 Å². The second-order valence-corrected chi connectivity index (χ2v) is 4.82. The van der Waals surface area contributed by atoms with Gasteiger partial charge in [-0.1, -0.05) is 41.6 Å². The average Bonchev–Trinajstić information content (AvgIpc) is 2.88. The number of nitrogens with one attached hydrogen (secondary N) is 2. The number of aromatic amines is 1. The number of nitrogens with zero attached hydrogens (tertiary/aromatic N) is 2. The highest BCUT2D eigenvalue weighted by molar-refractivity contribution is 7.99. The highest BCUT2D eigenvalue weighted by Crippen LogP contribution is 2.14. The van der Waals surface area contributed by atoms with E-state index in [-0.39, 0.29) is 5.91 Å². The summed E-state index contributed by atoms with van der Waals surface area (Å²) in [6.07, 6.45) is 1.41. The topological polar surface area (TPSA) is 70.7 Å². The van der Waals surface area contributed by atoms with Gasteiger partial charge >= 0.3 is 0 Å². The van der Waals surface area contributed by atoms with Gasteiger partial charge in [0.25, 0.3) is 0 Å². The molecule has 94 valence electrons. The van der Waals surface area contributed by atoms with Gasteiger partial charge in [-0.2, -0.15) is 5.10 Å². The Hall–Kier alpha value is -1.53. The minimum Gasteiger partial charge on any atom is -0.351 e. The van der Waals surface area contributed by atoms with Crippen LogP contribution in [0.5, 0.6) is 0 Å². The highest BCUT2D eigenvalue weighted by atomic mass is 35.5. The number of benzene rings is 1. The monoisotopic (exact) mass is 282 g/mol. The first kappa shape index (κ1) is 12.9. The van der Waals surface area contributed by atoms with E-state index in [2.05, 4.69) is 20.5 Å². The molecular weight excluding hydrogens is 272 g/mol. The summed E-state index contributed by atoms with van der Waals surface area (Å²) >= 11 is 7.29. The van der Waals surface area contributed by atoms with Crippen LogP contribution in [0.25, 0.3) is 0 Å². The van der Waals surface area contributed by atoms with Crippen LogP contribution in [0.15, 0.2) is 35.7 Å². The summed E-state index contributed by atoms with van der Waals surface area (Å²) < 4.78 is 0. The van der Waals surface area contributed by atoms with E-state index in [1.165, 1.54) is 18.1 Å². The van der Waals surface area contributed by atoms with Crippen molar-refractivity contribution >= 4 is 29.3 Å². The number of amides is 1. The molecule has 0 saturated heterocycles. The molecule has 0 unspecified atom stereocenters. The zero-order valence-corrected chi connectivity index (χ0v) is 11.0. The number of halogens is 1. The lowest BCUT2D eigenvalue weighted by atomic mass is 10.2. The fourth-order valence-electron chi connectivity index (χ4n) is 1.28. The van der Waals surface area contributed by atoms with Crippen LogP contribution in [-0.4, -0.2) is 26.8 Å². The van der Waals surface area contributed by atoms with Gasteiger partial charge in [0.2, 0.25) is 5.91 Å². The third kappa shape index (κ3) is 3.75. The predicted octanol–water partition coefficient (Wildman–Crippen LogP) is 1.87. The van der Waals surface area contributed by atoms with Gasteiger partial charge in [0.15, 0.2) is 5.16 Å².